The summed E-state index contributed by atoms with van der Waals surface area (Å²) in [5, 5.41) is 12.3. The van der Waals surface area contributed by atoms with Gasteiger partial charge >= 0.3 is 12.1 Å². The van der Waals surface area contributed by atoms with Crippen LogP contribution in [-0.4, -0.2) is 60.2 Å². The Balaban J connectivity index is 1.82. The van der Waals surface area contributed by atoms with Gasteiger partial charge in [0.25, 0.3) is 5.56 Å². The van der Waals surface area contributed by atoms with Gasteiger partial charge in [0.2, 0.25) is 5.91 Å². The average molecular weight is 705 g/mol. The molecule has 1 aliphatic heterocycles. The van der Waals surface area contributed by atoms with E-state index in [2.05, 4.69) is 5.32 Å². The minimum Gasteiger partial charge on any atom is -0.481 e. The quantitative estimate of drug-likeness (QED) is 0.187. The van der Waals surface area contributed by atoms with Crippen LogP contribution >= 0.6 is 0 Å². The fourth-order valence-corrected chi connectivity index (χ4v) is 6.55. The Bertz CT molecular complexity index is 1790. The van der Waals surface area contributed by atoms with Crippen LogP contribution in [0.25, 0.3) is 11.1 Å². The second kappa shape index (κ2) is 15.3. The number of hydrogen-bond donors (Lipinski definition) is 2. The lowest BCUT2D eigenvalue weighted by atomic mass is 9.89. The minimum atomic E-state index is -4.81. The number of nitrogens with one attached hydrogen (secondary N) is 1. The topological polar surface area (TPSA) is 94.9 Å². The molecule has 0 aliphatic carbocycles. The lowest BCUT2D eigenvalue weighted by molar-refractivity contribution is -0.139. The fraction of sp³-hybridized carbons (Fsp3) is 0.486. The van der Waals surface area contributed by atoms with E-state index < -0.39 is 64.9 Å². The van der Waals surface area contributed by atoms with E-state index in [-0.39, 0.29) is 35.4 Å². The van der Waals surface area contributed by atoms with E-state index in [9.17, 15) is 32.7 Å². The molecule has 272 valence electrons. The van der Waals surface area contributed by atoms with Crippen molar-refractivity contribution in [2.24, 2.45) is 5.92 Å². The Morgan fingerprint density at radius 2 is 1.60 bits per heavy atom. The normalized spacial score (nSPS) is 14.7. The summed E-state index contributed by atoms with van der Waals surface area (Å²) in [6.45, 7) is 10.3. The second-order valence-corrected chi connectivity index (χ2v) is 13.8. The molecule has 2 aromatic carbocycles. The van der Waals surface area contributed by atoms with Gasteiger partial charge in [-0.05, 0) is 105 Å². The van der Waals surface area contributed by atoms with Crippen LogP contribution in [0.3, 0.4) is 0 Å². The number of alkyl halides is 3. The van der Waals surface area contributed by atoms with Gasteiger partial charge in [0.05, 0.1) is 18.0 Å². The number of carboxylic acid groups (broad SMARTS) is 1. The highest BCUT2D eigenvalue weighted by Crippen LogP contribution is 2.38. The average Bonchev–Trinajstić information content (AvgIpc) is 2.97. The molecule has 2 atom stereocenters. The van der Waals surface area contributed by atoms with Crippen molar-refractivity contribution >= 4 is 17.6 Å². The van der Waals surface area contributed by atoms with Crippen molar-refractivity contribution in [2.45, 2.75) is 78.6 Å². The molecule has 1 fully saturated rings. The summed E-state index contributed by atoms with van der Waals surface area (Å²) in [6, 6.07) is 2.37. The standard InChI is InChI=1S/C37H45F5N4O4/c1-20(2)13-29(46-19-24(9-12-45-10-8-11-45)27(17-30(46)47)37(40,41)42)36(50)43-28(18-31(48)49)33-34(38)23(5)16-26(35(33)39)32-21(3)14-25(44(6)7)15-22(32)4/h14-17,19-20,28-29H,8-13,18H2,1-7H3,(H,43,50)(H,48,49)/t28-,29-/m0/s1. The van der Waals surface area contributed by atoms with Crippen molar-refractivity contribution in [3.8, 4) is 11.1 Å². The lowest BCUT2D eigenvalue weighted by Crippen LogP contribution is -2.41. The highest BCUT2D eigenvalue weighted by atomic mass is 19.4. The number of carbonyl (C=O) groups is 2. The maximum Gasteiger partial charge on any atom is 0.416 e. The van der Waals surface area contributed by atoms with Gasteiger partial charge in [0.1, 0.15) is 17.7 Å². The number of aryl methyl sites for hydroxylation is 3. The Morgan fingerprint density at radius 3 is 2.10 bits per heavy atom. The number of amides is 1. The van der Waals surface area contributed by atoms with Crippen LogP contribution in [0.15, 0.2) is 35.3 Å². The highest BCUT2D eigenvalue weighted by molar-refractivity contribution is 5.82. The van der Waals surface area contributed by atoms with Gasteiger partial charge in [-0.15, -0.1) is 0 Å². The van der Waals surface area contributed by atoms with Gasteiger partial charge in [-0.1, -0.05) is 13.8 Å². The first kappa shape index (κ1) is 38.5. The third-order valence-electron chi connectivity index (χ3n) is 9.21. The molecule has 0 spiro atoms. The second-order valence-electron chi connectivity index (χ2n) is 13.8. The maximum absolute atomic E-state index is 16.6. The lowest BCUT2D eigenvalue weighted by Gasteiger charge is -2.31. The van der Waals surface area contributed by atoms with Crippen LogP contribution in [-0.2, 0) is 22.2 Å². The summed E-state index contributed by atoms with van der Waals surface area (Å²) in [6.07, 6.45) is -3.79. The van der Waals surface area contributed by atoms with Gasteiger partial charge in [0.15, 0.2) is 0 Å². The zero-order valence-electron chi connectivity index (χ0n) is 29.5. The van der Waals surface area contributed by atoms with E-state index in [0.717, 1.165) is 36.0 Å². The van der Waals surface area contributed by atoms with Crippen molar-refractivity contribution in [2.75, 3.05) is 38.6 Å². The molecular weight excluding hydrogens is 659 g/mol. The number of carboxylic acids is 1. The summed E-state index contributed by atoms with van der Waals surface area (Å²) >= 11 is 0. The van der Waals surface area contributed by atoms with E-state index in [1.165, 1.54) is 13.0 Å². The van der Waals surface area contributed by atoms with E-state index in [1.54, 1.807) is 27.7 Å². The number of aromatic nitrogens is 1. The number of likely N-dealkylation sites (tertiary alicyclic amines) is 1. The van der Waals surface area contributed by atoms with Crippen LogP contribution in [0.1, 0.15) is 78.6 Å². The van der Waals surface area contributed by atoms with Gasteiger partial charge in [-0.2, -0.15) is 13.2 Å². The number of rotatable bonds is 13. The number of halogens is 5. The Hall–Kier alpha value is -4.26. The first-order chi connectivity index (χ1) is 23.3. The minimum absolute atomic E-state index is 0.0149. The SMILES string of the molecule is Cc1cc(-c2c(C)cc(N(C)C)cc2C)c(F)c([C@H](CC(=O)O)NC(=O)[C@H](CC(C)C)n2cc(CCN3CCC3)c(C(F)(F)F)cc2=O)c1F. The number of benzene rings is 2. The zero-order valence-corrected chi connectivity index (χ0v) is 29.5. The predicted molar refractivity (Wildman–Crippen MR) is 182 cm³/mol. The number of hydrogen-bond acceptors (Lipinski definition) is 5. The molecule has 0 bridgehead atoms. The molecule has 1 saturated heterocycles. The molecule has 0 radical (unpaired) electrons. The molecule has 2 heterocycles. The van der Waals surface area contributed by atoms with Crippen LogP contribution in [0.2, 0.25) is 0 Å². The largest absolute Gasteiger partial charge is 0.481 e. The van der Waals surface area contributed by atoms with Crippen molar-refractivity contribution in [3.63, 3.8) is 0 Å². The highest BCUT2D eigenvalue weighted by Gasteiger charge is 2.37. The Kier molecular flexibility index (Phi) is 11.8. The van der Waals surface area contributed by atoms with Gasteiger partial charge in [-0.25, -0.2) is 8.78 Å². The smallest absolute Gasteiger partial charge is 0.416 e. The fourth-order valence-electron chi connectivity index (χ4n) is 6.55. The molecule has 13 heteroatoms. The van der Waals surface area contributed by atoms with Crippen molar-refractivity contribution in [1.29, 1.82) is 0 Å². The summed E-state index contributed by atoms with van der Waals surface area (Å²) < 4.78 is 75.5. The van der Waals surface area contributed by atoms with Crippen molar-refractivity contribution in [1.82, 2.24) is 14.8 Å². The molecule has 3 aromatic rings. The first-order valence-electron chi connectivity index (χ1n) is 16.6. The van der Waals surface area contributed by atoms with E-state index >= 15 is 8.78 Å². The molecule has 4 rings (SSSR count). The number of anilines is 1. The summed E-state index contributed by atoms with van der Waals surface area (Å²) in [4.78, 5) is 43.2. The molecular formula is C37H45F5N4O4. The molecule has 50 heavy (non-hydrogen) atoms. The number of pyridine rings is 1. The number of aliphatic carboxylic acids is 1. The monoisotopic (exact) mass is 704 g/mol. The van der Waals surface area contributed by atoms with Crippen molar-refractivity contribution < 1.29 is 36.6 Å². The molecule has 1 aromatic heterocycles. The molecule has 0 saturated carbocycles. The summed E-state index contributed by atoms with van der Waals surface area (Å²) in [5.41, 5.74) is -0.248. The van der Waals surface area contributed by atoms with E-state index in [4.69, 9.17) is 0 Å². The third-order valence-corrected chi connectivity index (χ3v) is 9.21. The molecule has 2 N–H and O–H groups in total. The maximum atomic E-state index is 16.6. The van der Waals surface area contributed by atoms with Crippen LogP contribution < -0.4 is 15.8 Å². The first-order valence-corrected chi connectivity index (χ1v) is 16.6. The summed E-state index contributed by atoms with van der Waals surface area (Å²) in [7, 11) is 3.71. The zero-order chi connectivity index (χ0) is 37.2. The Labute approximate surface area is 288 Å². The number of nitrogens with zero attached hydrogens (tertiary/aromatic N) is 3. The van der Waals surface area contributed by atoms with Crippen LogP contribution in [0.5, 0.6) is 0 Å². The van der Waals surface area contributed by atoms with Crippen LogP contribution in [0, 0.1) is 38.3 Å². The van der Waals surface area contributed by atoms with Gasteiger partial charge in [-0.3, -0.25) is 14.4 Å². The van der Waals surface area contributed by atoms with E-state index in [0.29, 0.717) is 29.3 Å². The van der Waals surface area contributed by atoms with Gasteiger partial charge in [0, 0.05) is 49.7 Å². The molecule has 0 unspecified atom stereocenters. The van der Waals surface area contributed by atoms with Crippen LogP contribution in [0.4, 0.5) is 27.6 Å². The molecule has 1 amide bonds. The Morgan fingerprint density at radius 1 is 0.980 bits per heavy atom. The molecule has 8 nitrogen and oxygen atoms in total. The summed E-state index contributed by atoms with van der Waals surface area (Å²) in [5.74, 6) is -4.76. The van der Waals surface area contributed by atoms with Crippen molar-refractivity contribution in [3.05, 3.63) is 85.8 Å². The molecule has 1 aliphatic rings. The number of carbonyl (C=O) groups excluding carboxylic acids is 1. The predicted octanol–water partition coefficient (Wildman–Crippen LogP) is 6.97. The van der Waals surface area contributed by atoms with Gasteiger partial charge < -0.3 is 24.8 Å². The van der Waals surface area contributed by atoms with E-state index in [1.807, 2.05) is 36.0 Å². The third kappa shape index (κ3) is 8.54.